The van der Waals surface area contributed by atoms with Gasteiger partial charge in [-0.1, -0.05) is 12.8 Å². The van der Waals surface area contributed by atoms with Crippen LogP contribution < -0.4 is 10.6 Å². The van der Waals surface area contributed by atoms with E-state index in [9.17, 15) is 14.0 Å². The maximum absolute atomic E-state index is 14.0. The summed E-state index contributed by atoms with van der Waals surface area (Å²) in [5, 5.41) is 5.98. The predicted octanol–water partition coefficient (Wildman–Crippen LogP) is 2.71. The number of halogens is 1. The van der Waals surface area contributed by atoms with E-state index in [1.54, 1.807) is 6.92 Å². The van der Waals surface area contributed by atoms with Crippen LogP contribution in [0.4, 0.5) is 10.1 Å². The van der Waals surface area contributed by atoms with E-state index in [2.05, 4.69) is 10.6 Å². The lowest BCUT2D eigenvalue weighted by atomic mass is 9.86. The molecule has 1 aliphatic carbocycles. The van der Waals surface area contributed by atoms with E-state index >= 15 is 0 Å². The Bertz CT molecular complexity index is 683. The van der Waals surface area contributed by atoms with Crippen molar-refractivity contribution >= 4 is 17.6 Å². The number of hydrogen-bond acceptors (Lipinski definition) is 4. The topological polar surface area (TPSA) is 67.4 Å². The first-order valence-electron chi connectivity index (χ1n) is 8.96. The number of ether oxygens (including phenoxy) is 1. The average molecular weight is 348 g/mol. The Labute approximate surface area is 147 Å². The average Bonchev–Trinajstić information content (AvgIpc) is 3.20. The molecular weight excluding hydrogens is 323 g/mol. The molecule has 2 aliphatic rings. The van der Waals surface area contributed by atoms with Gasteiger partial charge in [-0.05, 0) is 44.4 Å². The van der Waals surface area contributed by atoms with Gasteiger partial charge in [0.05, 0.1) is 12.0 Å². The molecule has 0 saturated heterocycles. The number of amides is 1. The molecule has 1 unspecified atom stereocenters. The minimum Gasteiger partial charge on any atom is -0.466 e. The minimum absolute atomic E-state index is 0.205. The van der Waals surface area contributed by atoms with Gasteiger partial charge in [0.1, 0.15) is 11.9 Å². The van der Waals surface area contributed by atoms with Crippen molar-refractivity contribution in [1.82, 2.24) is 5.32 Å². The molecule has 0 aromatic heterocycles. The molecule has 6 heteroatoms. The van der Waals surface area contributed by atoms with Gasteiger partial charge in [0.2, 0.25) is 5.91 Å². The maximum atomic E-state index is 14.0. The summed E-state index contributed by atoms with van der Waals surface area (Å²) in [4.78, 5) is 24.9. The molecule has 1 amide bonds. The van der Waals surface area contributed by atoms with Crippen LogP contribution >= 0.6 is 0 Å². The minimum atomic E-state index is -0.612. The van der Waals surface area contributed by atoms with Gasteiger partial charge in [-0.3, -0.25) is 9.59 Å². The van der Waals surface area contributed by atoms with Crippen molar-refractivity contribution in [3.05, 3.63) is 29.1 Å². The molecule has 0 spiro atoms. The van der Waals surface area contributed by atoms with E-state index in [0.717, 1.165) is 31.2 Å². The number of hydrogen-bond donors (Lipinski definition) is 2. The summed E-state index contributed by atoms with van der Waals surface area (Å²) in [5.41, 5.74) is 1.43. The number of carbonyl (C=O) groups is 2. The van der Waals surface area contributed by atoms with Crippen molar-refractivity contribution in [2.75, 3.05) is 18.5 Å². The molecule has 1 saturated carbocycles. The zero-order chi connectivity index (χ0) is 18.0. The van der Waals surface area contributed by atoms with E-state index in [0.29, 0.717) is 24.3 Å². The SMILES string of the molecule is CCOC(=O)C1(CNC(=O)C2Cc3c(F)cc(C)cc3N2)CCCC1. The van der Waals surface area contributed by atoms with E-state index < -0.39 is 11.5 Å². The zero-order valence-corrected chi connectivity index (χ0v) is 14.8. The van der Waals surface area contributed by atoms with Gasteiger partial charge in [0.25, 0.3) is 0 Å². The first-order valence-corrected chi connectivity index (χ1v) is 8.96. The van der Waals surface area contributed by atoms with Gasteiger partial charge in [0, 0.05) is 24.2 Å². The largest absolute Gasteiger partial charge is 0.466 e. The van der Waals surface area contributed by atoms with Gasteiger partial charge in [-0.2, -0.15) is 0 Å². The number of carbonyl (C=O) groups excluding carboxylic acids is 2. The van der Waals surface area contributed by atoms with Crippen LogP contribution in [-0.2, 0) is 20.7 Å². The lowest BCUT2D eigenvalue weighted by Crippen LogP contribution is -2.46. The van der Waals surface area contributed by atoms with Crippen LogP contribution in [0.1, 0.15) is 43.7 Å². The summed E-state index contributed by atoms with van der Waals surface area (Å²) in [6, 6.07) is 2.82. The van der Waals surface area contributed by atoms with Crippen molar-refractivity contribution in [3.8, 4) is 0 Å². The Morgan fingerprint density at radius 2 is 2.08 bits per heavy atom. The van der Waals surface area contributed by atoms with Gasteiger partial charge in [-0.25, -0.2) is 4.39 Å². The molecule has 2 N–H and O–H groups in total. The van der Waals surface area contributed by atoms with Crippen LogP contribution in [0, 0.1) is 18.2 Å². The molecule has 0 bridgehead atoms. The van der Waals surface area contributed by atoms with Crippen LogP contribution in [0.3, 0.4) is 0 Å². The number of nitrogens with one attached hydrogen (secondary N) is 2. The second-order valence-corrected chi connectivity index (χ2v) is 7.10. The van der Waals surface area contributed by atoms with Crippen molar-refractivity contribution in [1.29, 1.82) is 0 Å². The molecule has 3 rings (SSSR count). The Balaban J connectivity index is 1.63. The second-order valence-electron chi connectivity index (χ2n) is 7.10. The van der Waals surface area contributed by atoms with Crippen molar-refractivity contribution in [2.45, 2.75) is 52.0 Å². The normalized spacial score (nSPS) is 20.7. The number of benzene rings is 1. The summed E-state index contributed by atoms with van der Waals surface area (Å²) >= 11 is 0. The van der Waals surface area contributed by atoms with Crippen LogP contribution in [0.15, 0.2) is 12.1 Å². The monoisotopic (exact) mass is 348 g/mol. The number of rotatable bonds is 5. The lowest BCUT2D eigenvalue weighted by Gasteiger charge is -2.27. The molecule has 1 aliphatic heterocycles. The first kappa shape index (κ1) is 17.7. The molecule has 25 heavy (non-hydrogen) atoms. The Morgan fingerprint density at radius 3 is 2.76 bits per heavy atom. The Hall–Kier alpha value is -2.11. The predicted molar refractivity (Wildman–Crippen MR) is 92.8 cm³/mol. The fourth-order valence-electron chi connectivity index (χ4n) is 3.88. The highest BCUT2D eigenvalue weighted by molar-refractivity contribution is 5.88. The summed E-state index contributed by atoms with van der Waals surface area (Å²) in [6.07, 6.45) is 3.72. The number of esters is 1. The third-order valence-electron chi connectivity index (χ3n) is 5.26. The fraction of sp³-hybridized carbons (Fsp3) is 0.579. The summed E-state index contributed by atoms with van der Waals surface area (Å²) in [7, 11) is 0. The summed E-state index contributed by atoms with van der Waals surface area (Å²) in [6.45, 7) is 4.23. The smallest absolute Gasteiger partial charge is 0.313 e. The number of anilines is 1. The van der Waals surface area contributed by atoms with Crippen molar-refractivity contribution in [2.24, 2.45) is 5.41 Å². The van der Waals surface area contributed by atoms with E-state index in [1.807, 2.05) is 13.0 Å². The van der Waals surface area contributed by atoms with Gasteiger partial charge in [0.15, 0.2) is 0 Å². The van der Waals surface area contributed by atoms with Crippen molar-refractivity contribution < 1.29 is 18.7 Å². The molecule has 1 aromatic rings. The molecule has 5 nitrogen and oxygen atoms in total. The van der Waals surface area contributed by atoms with E-state index in [-0.39, 0.29) is 24.2 Å². The standard InChI is InChI=1S/C19H25FN2O3/c1-3-25-18(24)19(6-4-5-7-19)11-21-17(23)16-10-13-14(20)8-12(2)9-15(13)22-16/h8-9,16,22H,3-7,10-11H2,1-2H3,(H,21,23). The molecule has 0 radical (unpaired) electrons. The van der Waals surface area contributed by atoms with Gasteiger partial charge >= 0.3 is 5.97 Å². The molecule has 1 aromatic carbocycles. The van der Waals surface area contributed by atoms with Crippen LogP contribution in [0.5, 0.6) is 0 Å². The van der Waals surface area contributed by atoms with E-state index in [1.165, 1.54) is 6.07 Å². The summed E-state index contributed by atoms with van der Waals surface area (Å²) in [5.74, 6) is -0.711. The second kappa shape index (κ2) is 7.02. The quantitative estimate of drug-likeness (QED) is 0.803. The molecule has 1 fully saturated rings. The van der Waals surface area contributed by atoms with E-state index in [4.69, 9.17) is 4.74 Å². The molecule has 1 atom stereocenters. The molecule has 1 heterocycles. The number of aryl methyl sites for hydroxylation is 1. The highest BCUT2D eigenvalue weighted by Crippen LogP contribution is 2.39. The van der Waals surface area contributed by atoms with Crippen LogP contribution in [0.2, 0.25) is 0 Å². The third kappa shape index (κ3) is 3.48. The zero-order valence-electron chi connectivity index (χ0n) is 14.8. The van der Waals surface area contributed by atoms with Crippen LogP contribution in [0.25, 0.3) is 0 Å². The third-order valence-corrected chi connectivity index (χ3v) is 5.26. The lowest BCUT2D eigenvalue weighted by molar-refractivity contribution is -0.155. The Morgan fingerprint density at radius 1 is 1.36 bits per heavy atom. The Kier molecular flexibility index (Phi) is 4.97. The van der Waals surface area contributed by atoms with Gasteiger partial charge < -0.3 is 15.4 Å². The van der Waals surface area contributed by atoms with Gasteiger partial charge in [-0.15, -0.1) is 0 Å². The molecule has 136 valence electrons. The molecular formula is C19H25FN2O3. The maximum Gasteiger partial charge on any atom is 0.313 e. The number of fused-ring (bicyclic) bond motifs is 1. The van der Waals surface area contributed by atoms with Crippen molar-refractivity contribution in [3.63, 3.8) is 0 Å². The fourth-order valence-corrected chi connectivity index (χ4v) is 3.88. The highest BCUT2D eigenvalue weighted by atomic mass is 19.1. The summed E-state index contributed by atoms with van der Waals surface area (Å²) < 4.78 is 19.2. The van der Waals surface area contributed by atoms with Crippen LogP contribution in [-0.4, -0.2) is 31.1 Å². The highest BCUT2D eigenvalue weighted by Gasteiger charge is 2.43. The first-order chi connectivity index (χ1) is 11.9.